The first-order chi connectivity index (χ1) is 19.9. The van der Waals surface area contributed by atoms with Gasteiger partial charge in [0, 0.05) is 43.7 Å². The molecule has 11 heteroatoms. The van der Waals surface area contributed by atoms with Crippen LogP contribution < -0.4 is 4.74 Å². The molecule has 1 fully saturated rings. The number of aliphatic hydroxyl groups excluding tert-OH is 1. The third-order valence-electron chi connectivity index (χ3n) is 7.42. The van der Waals surface area contributed by atoms with Crippen molar-refractivity contribution in [1.29, 1.82) is 0 Å². The number of rotatable bonds is 11. The molecule has 1 N–H and O–H groups in total. The highest BCUT2D eigenvalue weighted by Gasteiger charge is 2.32. The van der Waals surface area contributed by atoms with Gasteiger partial charge in [0.25, 0.3) is 0 Å². The van der Waals surface area contributed by atoms with Gasteiger partial charge in [-0.15, -0.1) is 0 Å². The second kappa shape index (κ2) is 14.1. The van der Waals surface area contributed by atoms with Crippen LogP contribution in [0.5, 0.6) is 5.75 Å². The highest BCUT2D eigenvalue weighted by atomic mass is 35.5. The molecule has 4 nitrogen and oxygen atoms in total. The Bertz CT molecular complexity index is 1200. The number of ether oxygens (including phenoxy) is 1. The van der Waals surface area contributed by atoms with Crippen molar-refractivity contribution in [3.8, 4) is 5.75 Å². The Labute approximate surface area is 246 Å². The predicted octanol–water partition coefficient (Wildman–Crippen LogP) is 7.35. The molecule has 1 atom stereocenters. The SMILES string of the molecule is OC(COc1cccc(Cl)c1)CN1CCN(CCCC(c2ccc(C(F)(F)F)cc2)c2ccc(C(F)(F)F)cc2)CC1. The summed E-state index contributed by atoms with van der Waals surface area (Å²) >= 11 is 5.96. The lowest BCUT2D eigenvalue weighted by Gasteiger charge is -2.35. The second-order valence-corrected chi connectivity index (χ2v) is 10.9. The number of aliphatic hydroxyl groups is 1. The molecule has 0 radical (unpaired) electrons. The van der Waals surface area contributed by atoms with E-state index in [2.05, 4.69) is 9.80 Å². The van der Waals surface area contributed by atoms with Gasteiger partial charge < -0.3 is 14.7 Å². The molecule has 0 saturated carbocycles. The third kappa shape index (κ3) is 9.36. The highest BCUT2D eigenvalue weighted by Crippen LogP contribution is 2.35. The van der Waals surface area contributed by atoms with E-state index in [1.54, 1.807) is 24.3 Å². The summed E-state index contributed by atoms with van der Waals surface area (Å²) in [5.41, 5.74) is -0.281. The van der Waals surface area contributed by atoms with Crippen molar-refractivity contribution in [2.24, 2.45) is 0 Å². The van der Waals surface area contributed by atoms with E-state index in [-0.39, 0.29) is 12.5 Å². The Balaban J connectivity index is 1.29. The number of benzene rings is 3. The zero-order valence-corrected chi connectivity index (χ0v) is 23.6. The van der Waals surface area contributed by atoms with E-state index in [4.69, 9.17) is 16.3 Å². The Morgan fingerprint density at radius 1 is 0.762 bits per heavy atom. The van der Waals surface area contributed by atoms with Crippen molar-refractivity contribution in [3.05, 3.63) is 100 Å². The van der Waals surface area contributed by atoms with Crippen LogP contribution in [0.4, 0.5) is 26.3 Å². The van der Waals surface area contributed by atoms with Crippen molar-refractivity contribution >= 4 is 11.6 Å². The van der Waals surface area contributed by atoms with Gasteiger partial charge in [-0.2, -0.15) is 26.3 Å². The number of β-amino-alcohol motifs (C(OH)–C–C–N with tert-alkyl or cyclic N) is 1. The predicted molar refractivity (Wildman–Crippen MR) is 150 cm³/mol. The summed E-state index contributed by atoms with van der Waals surface area (Å²) in [7, 11) is 0. The van der Waals surface area contributed by atoms with Gasteiger partial charge in [0.1, 0.15) is 18.5 Å². The van der Waals surface area contributed by atoms with E-state index in [0.29, 0.717) is 41.3 Å². The molecular weight excluding hydrogens is 582 g/mol. The zero-order valence-electron chi connectivity index (χ0n) is 22.8. The largest absolute Gasteiger partial charge is 0.491 e. The van der Waals surface area contributed by atoms with Crippen LogP contribution in [0.25, 0.3) is 0 Å². The summed E-state index contributed by atoms with van der Waals surface area (Å²) in [5, 5.41) is 11.0. The van der Waals surface area contributed by atoms with E-state index in [0.717, 1.165) is 57.0 Å². The van der Waals surface area contributed by atoms with Crippen LogP contribution in [-0.4, -0.2) is 66.9 Å². The Morgan fingerprint density at radius 3 is 1.79 bits per heavy atom. The average Bonchev–Trinajstić information content (AvgIpc) is 2.94. The Morgan fingerprint density at radius 2 is 1.29 bits per heavy atom. The van der Waals surface area contributed by atoms with Crippen LogP contribution >= 0.6 is 11.6 Å². The van der Waals surface area contributed by atoms with Crippen LogP contribution in [0.3, 0.4) is 0 Å². The number of nitrogens with zero attached hydrogens (tertiary/aromatic N) is 2. The van der Waals surface area contributed by atoms with E-state index in [1.165, 1.54) is 24.3 Å². The van der Waals surface area contributed by atoms with E-state index in [1.807, 2.05) is 0 Å². The minimum Gasteiger partial charge on any atom is -0.491 e. The molecule has 1 aliphatic rings. The zero-order chi connectivity index (χ0) is 30.3. The molecule has 228 valence electrons. The van der Waals surface area contributed by atoms with Crippen LogP contribution in [0.2, 0.25) is 5.02 Å². The van der Waals surface area contributed by atoms with Gasteiger partial charge >= 0.3 is 12.4 Å². The molecule has 0 amide bonds. The summed E-state index contributed by atoms with van der Waals surface area (Å²) in [5.74, 6) is 0.253. The number of hydrogen-bond donors (Lipinski definition) is 1. The lowest BCUT2D eigenvalue weighted by atomic mass is 9.86. The molecule has 42 heavy (non-hydrogen) atoms. The van der Waals surface area contributed by atoms with Crippen LogP contribution in [-0.2, 0) is 12.4 Å². The average molecular weight is 615 g/mol. The summed E-state index contributed by atoms with van der Waals surface area (Å²) in [6.07, 6.45) is -8.32. The molecule has 0 aromatic heterocycles. The maximum absolute atomic E-state index is 13.1. The standard InChI is InChI=1S/C31H33ClF6N2O2/c32-26-3-1-4-28(19-26)42-21-27(41)20-40-17-15-39(16-18-40)14-2-5-29(22-6-10-24(11-7-22)30(33,34)35)23-8-12-25(13-9-23)31(36,37)38/h1,3-4,6-13,19,27,29,41H,2,5,14-18,20-21H2. The minimum absolute atomic E-state index is 0.149. The van der Waals surface area contributed by atoms with Gasteiger partial charge in [-0.05, 0) is 73.0 Å². The first-order valence-corrected chi connectivity index (χ1v) is 14.1. The minimum atomic E-state index is -4.47. The molecular formula is C31H33ClF6N2O2. The summed E-state index contributed by atoms with van der Waals surface area (Å²) in [4.78, 5) is 4.44. The van der Waals surface area contributed by atoms with Gasteiger partial charge in [-0.3, -0.25) is 4.90 Å². The molecule has 1 heterocycles. The number of halogens is 7. The Kier molecular flexibility index (Phi) is 10.8. The lowest BCUT2D eigenvalue weighted by Crippen LogP contribution is -2.49. The van der Waals surface area contributed by atoms with Gasteiger partial charge in [0.15, 0.2) is 0 Å². The molecule has 4 rings (SSSR count). The van der Waals surface area contributed by atoms with Crippen molar-refractivity contribution in [2.75, 3.05) is 45.9 Å². The fraction of sp³-hybridized carbons (Fsp3) is 0.419. The third-order valence-corrected chi connectivity index (χ3v) is 7.66. The number of alkyl halides is 6. The molecule has 0 bridgehead atoms. The maximum atomic E-state index is 13.1. The van der Waals surface area contributed by atoms with Crippen LogP contribution in [0.1, 0.15) is 41.0 Å². The molecule has 0 aliphatic carbocycles. The first kappa shape index (κ1) is 32.1. The van der Waals surface area contributed by atoms with Crippen molar-refractivity contribution in [2.45, 2.75) is 37.2 Å². The van der Waals surface area contributed by atoms with E-state index in [9.17, 15) is 31.4 Å². The molecule has 1 aliphatic heterocycles. The maximum Gasteiger partial charge on any atom is 0.416 e. The molecule has 1 unspecified atom stereocenters. The highest BCUT2D eigenvalue weighted by molar-refractivity contribution is 6.30. The van der Waals surface area contributed by atoms with Crippen molar-refractivity contribution in [1.82, 2.24) is 9.80 Å². The normalized spacial score (nSPS) is 16.1. The molecule has 1 saturated heterocycles. The van der Waals surface area contributed by atoms with E-state index >= 15 is 0 Å². The van der Waals surface area contributed by atoms with Gasteiger partial charge in [0.05, 0.1) is 11.1 Å². The fourth-order valence-corrected chi connectivity index (χ4v) is 5.33. The van der Waals surface area contributed by atoms with Crippen LogP contribution in [0.15, 0.2) is 72.8 Å². The Hall–Kier alpha value is -2.79. The van der Waals surface area contributed by atoms with Gasteiger partial charge in [0.2, 0.25) is 0 Å². The molecule has 3 aromatic rings. The second-order valence-electron chi connectivity index (χ2n) is 10.5. The number of piperazine rings is 1. The molecule has 3 aromatic carbocycles. The topological polar surface area (TPSA) is 35.9 Å². The fourth-order valence-electron chi connectivity index (χ4n) is 5.15. The van der Waals surface area contributed by atoms with Crippen molar-refractivity contribution in [3.63, 3.8) is 0 Å². The monoisotopic (exact) mass is 614 g/mol. The first-order valence-electron chi connectivity index (χ1n) is 13.7. The van der Waals surface area contributed by atoms with Crippen molar-refractivity contribution < 1.29 is 36.2 Å². The quantitative estimate of drug-likeness (QED) is 0.229. The van der Waals surface area contributed by atoms with Gasteiger partial charge in [-0.1, -0.05) is 41.9 Å². The van der Waals surface area contributed by atoms with Gasteiger partial charge in [-0.25, -0.2) is 0 Å². The smallest absolute Gasteiger partial charge is 0.416 e. The lowest BCUT2D eigenvalue weighted by molar-refractivity contribution is -0.138. The molecule has 0 spiro atoms. The van der Waals surface area contributed by atoms with Crippen LogP contribution in [0, 0.1) is 0 Å². The summed E-state index contributed by atoms with van der Waals surface area (Å²) in [6.45, 7) is 4.45. The number of hydrogen-bond acceptors (Lipinski definition) is 4. The van der Waals surface area contributed by atoms with E-state index < -0.39 is 29.6 Å². The summed E-state index contributed by atoms with van der Waals surface area (Å²) in [6, 6.07) is 16.7. The summed E-state index contributed by atoms with van der Waals surface area (Å²) < 4.78 is 84.2.